The zero-order valence-electron chi connectivity index (χ0n) is 9.82. The van der Waals surface area contributed by atoms with Gasteiger partial charge in [-0.1, -0.05) is 19.1 Å². The van der Waals surface area contributed by atoms with Crippen LogP contribution in [0.4, 0.5) is 0 Å². The molecule has 1 fully saturated rings. The Hall–Kier alpha value is -0.850. The summed E-state index contributed by atoms with van der Waals surface area (Å²) in [6, 6.07) is 2.25. The molecule has 3 heteroatoms. The average Bonchev–Trinajstić information content (AvgIpc) is 2.82. The summed E-state index contributed by atoms with van der Waals surface area (Å²) in [6.45, 7) is 3.62. The van der Waals surface area contributed by atoms with E-state index in [2.05, 4.69) is 25.1 Å². The molecular weight excluding hydrogens is 202 g/mol. The Bertz CT molecular complexity index is 302. The topological polar surface area (TPSA) is 42.2 Å². The van der Waals surface area contributed by atoms with Crippen molar-refractivity contribution in [2.75, 3.05) is 13.2 Å². The van der Waals surface area contributed by atoms with Crippen molar-refractivity contribution >= 4 is 0 Å². The fraction of sp³-hybridized carbons (Fsp3) is 0.769. The van der Waals surface area contributed by atoms with Gasteiger partial charge in [-0.15, -0.1) is 0 Å². The lowest BCUT2D eigenvalue weighted by Gasteiger charge is -2.43. The van der Waals surface area contributed by atoms with E-state index in [1.165, 1.54) is 0 Å². The normalized spacial score (nSPS) is 35.1. The van der Waals surface area contributed by atoms with Crippen LogP contribution in [0.15, 0.2) is 12.2 Å². The summed E-state index contributed by atoms with van der Waals surface area (Å²) in [6.07, 6.45) is 7.82. The van der Waals surface area contributed by atoms with Gasteiger partial charge in [0.2, 0.25) is 0 Å². The Kier molecular flexibility index (Phi) is 3.63. The van der Waals surface area contributed by atoms with E-state index in [4.69, 9.17) is 14.7 Å². The number of rotatable bonds is 3. The highest BCUT2D eigenvalue weighted by molar-refractivity contribution is 5.04. The quantitative estimate of drug-likeness (QED) is 0.688. The third-order valence-electron chi connectivity index (χ3n) is 3.93. The predicted octanol–water partition coefficient (Wildman–Crippen LogP) is 2.64. The summed E-state index contributed by atoms with van der Waals surface area (Å²) in [5.41, 5.74) is 0.0149. The fourth-order valence-electron chi connectivity index (χ4n) is 2.81. The highest BCUT2D eigenvalue weighted by Crippen LogP contribution is 2.47. The molecule has 0 bridgehead atoms. The summed E-state index contributed by atoms with van der Waals surface area (Å²) < 4.78 is 11.4. The lowest BCUT2D eigenvalue weighted by Crippen LogP contribution is -2.42. The fourth-order valence-corrected chi connectivity index (χ4v) is 2.81. The zero-order valence-corrected chi connectivity index (χ0v) is 9.82. The first-order valence-corrected chi connectivity index (χ1v) is 6.05. The van der Waals surface area contributed by atoms with Crippen LogP contribution in [0.3, 0.4) is 0 Å². The van der Waals surface area contributed by atoms with Crippen LogP contribution in [-0.4, -0.2) is 19.5 Å². The number of ether oxygens (including phenoxy) is 2. The third-order valence-corrected chi connectivity index (χ3v) is 3.93. The van der Waals surface area contributed by atoms with Crippen molar-refractivity contribution in [2.45, 2.75) is 38.9 Å². The molecule has 0 aromatic heterocycles. The molecule has 3 nitrogen and oxygen atoms in total. The van der Waals surface area contributed by atoms with Gasteiger partial charge in [-0.2, -0.15) is 5.26 Å². The minimum Gasteiger partial charge on any atom is -0.350 e. The van der Waals surface area contributed by atoms with Crippen LogP contribution in [-0.2, 0) is 9.47 Å². The second kappa shape index (κ2) is 4.99. The van der Waals surface area contributed by atoms with Crippen molar-refractivity contribution < 1.29 is 9.47 Å². The van der Waals surface area contributed by atoms with Crippen LogP contribution in [0.5, 0.6) is 0 Å². The molecule has 1 saturated heterocycles. The Labute approximate surface area is 97.0 Å². The zero-order chi connectivity index (χ0) is 11.4. The molecule has 1 aliphatic carbocycles. The largest absolute Gasteiger partial charge is 0.350 e. The summed E-state index contributed by atoms with van der Waals surface area (Å²) >= 11 is 0. The molecule has 16 heavy (non-hydrogen) atoms. The molecule has 2 atom stereocenters. The van der Waals surface area contributed by atoms with Crippen LogP contribution >= 0.6 is 0 Å². The van der Waals surface area contributed by atoms with E-state index in [1.807, 2.05) is 0 Å². The number of hydrogen-bond donors (Lipinski definition) is 0. The maximum absolute atomic E-state index is 8.79. The van der Waals surface area contributed by atoms with E-state index in [-0.39, 0.29) is 11.7 Å². The molecule has 0 saturated carbocycles. The van der Waals surface area contributed by atoms with Gasteiger partial charge >= 0.3 is 0 Å². The van der Waals surface area contributed by atoms with Crippen LogP contribution < -0.4 is 0 Å². The van der Waals surface area contributed by atoms with Crippen molar-refractivity contribution in [3.8, 4) is 6.07 Å². The van der Waals surface area contributed by atoms with Crippen molar-refractivity contribution in [3.05, 3.63) is 12.2 Å². The van der Waals surface area contributed by atoms with Gasteiger partial charge in [0, 0.05) is 11.8 Å². The first kappa shape index (κ1) is 11.6. The van der Waals surface area contributed by atoms with Gasteiger partial charge in [0.15, 0.2) is 6.29 Å². The van der Waals surface area contributed by atoms with Crippen molar-refractivity contribution in [1.29, 1.82) is 5.26 Å². The Balaban J connectivity index is 2.17. The molecule has 0 radical (unpaired) electrons. The SMILES string of the molecule is CC1CC=CCC1(CCC#N)C1OCCO1. The van der Waals surface area contributed by atoms with E-state index in [9.17, 15) is 0 Å². The van der Waals surface area contributed by atoms with E-state index in [0.29, 0.717) is 25.6 Å². The summed E-state index contributed by atoms with van der Waals surface area (Å²) in [7, 11) is 0. The van der Waals surface area contributed by atoms with Gasteiger partial charge in [0.05, 0.1) is 19.3 Å². The lowest BCUT2D eigenvalue weighted by atomic mass is 9.66. The van der Waals surface area contributed by atoms with E-state index >= 15 is 0 Å². The summed E-state index contributed by atoms with van der Waals surface area (Å²) in [5, 5.41) is 8.79. The van der Waals surface area contributed by atoms with Gasteiger partial charge in [-0.3, -0.25) is 0 Å². The predicted molar refractivity (Wildman–Crippen MR) is 60.5 cm³/mol. The lowest BCUT2D eigenvalue weighted by molar-refractivity contribution is -0.157. The van der Waals surface area contributed by atoms with Gasteiger partial charge in [-0.25, -0.2) is 0 Å². The van der Waals surface area contributed by atoms with Crippen molar-refractivity contribution in [3.63, 3.8) is 0 Å². The smallest absolute Gasteiger partial charge is 0.163 e. The van der Waals surface area contributed by atoms with E-state index in [1.54, 1.807) is 0 Å². The molecule has 88 valence electrons. The van der Waals surface area contributed by atoms with Gasteiger partial charge < -0.3 is 9.47 Å². The maximum atomic E-state index is 8.79. The number of nitriles is 1. The molecule has 0 amide bonds. The van der Waals surface area contributed by atoms with Crippen LogP contribution in [0.1, 0.15) is 32.6 Å². The van der Waals surface area contributed by atoms with E-state index in [0.717, 1.165) is 19.3 Å². The molecule has 0 N–H and O–H groups in total. The van der Waals surface area contributed by atoms with Gasteiger partial charge in [0.25, 0.3) is 0 Å². The Morgan fingerprint density at radius 1 is 1.38 bits per heavy atom. The molecule has 0 aromatic carbocycles. The average molecular weight is 221 g/mol. The Morgan fingerprint density at radius 2 is 2.12 bits per heavy atom. The van der Waals surface area contributed by atoms with Gasteiger partial charge in [0.1, 0.15) is 0 Å². The maximum Gasteiger partial charge on any atom is 0.163 e. The number of allylic oxidation sites excluding steroid dienone is 2. The summed E-state index contributed by atoms with van der Waals surface area (Å²) in [4.78, 5) is 0. The molecule has 1 aliphatic heterocycles. The first-order valence-electron chi connectivity index (χ1n) is 6.05. The van der Waals surface area contributed by atoms with E-state index < -0.39 is 0 Å². The number of hydrogen-bond acceptors (Lipinski definition) is 3. The molecule has 0 aromatic rings. The van der Waals surface area contributed by atoms with Crippen LogP contribution in [0.2, 0.25) is 0 Å². The second-order valence-corrected chi connectivity index (χ2v) is 4.78. The van der Waals surface area contributed by atoms with Crippen LogP contribution in [0, 0.1) is 22.7 Å². The third kappa shape index (κ3) is 2.00. The van der Waals surface area contributed by atoms with Gasteiger partial charge in [-0.05, 0) is 25.2 Å². The summed E-state index contributed by atoms with van der Waals surface area (Å²) in [5.74, 6) is 0.522. The molecule has 0 spiro atoms. The molecule has 2 unspecified atom stereocenters. The first-order chi connectivity index (χ1) is 7.79. The Morgan fingerprint density at radius 3 is 2.75 bits per heavy atom. The standard InChI is InChI=1S/C13H19NO2/c1-11-5-2-3-6-13(11,7-4-8-14)12-15-9-10-16-12/h2-3,11-12H,4-7,9-10H2,1H3. The highest BCUT2D eigenvalue weighted by Gasteiger charge is 2.46. The number of nitrogens with zero attached hydrogens (tertiary/aromatic N) is 1. The minimum atomic E-state index is -0.110. The second-order valence-electron chi connectivity index (χ2n) is 4.78. The minimum absolute atomic E-state index is 0.0149. The van der Waals surface area contributed by atoms with Crippen LogP contribution in [0.25, 0.3) is 0 Å². The monoisotopic (exact) mass is 221 g/mol. The highest BCUT2D eigenvalue weighted by atomic mass is 16.7. The molecule has 2 rings (SSSR count). The molecular formula is C13H19NO2. The molecule has 1 heterocycles. The molecule has 2 aliphatic rings. The van der Waals surface area contributed by atoms with Crippen molar-refractivity contribution in [1.82, 2.24) is 0 Å². The van der Waals surface area contributed by atoms with Crippen molar-refractivity contribution in [2.24, 2.45) is 11.3 Å².